The first kappa shape index (κ1) is 64.1. The zero-order valence-corrected chi connectivity index (χ0v) is 20.7. The van der Waals surface area contributed by atoms with E-state index in [0.29, 0.717) is 0 Å². The van der Waals surface area contributed by atoms with Crippen molar-refractivity contribution in [2.45, 2.75) is 0 Å². The number of hydrogen-bond acceptors (Lipinski definition) is 2. The lowest BCUT2D eigenvalue weighted by Gasteiger charge is -1.87. The number of carbonyl (C=O) groups is 1. The van der Waals surface area contributed by atoms with Crippen LogP contribution in [0, 0.1) is 69.2 Å². The number of carboxylic acid groups (broad SMARTS) is 1. The molecule has 0 unspecified atom stereocenters. The summed E-state index contributed by atoms with van der Waals surface area (Å²) in [7, 11) is 0. The second kappa shape index (κ2) is 152. The van der Waals surface area contributed by atoms with Gasteiger partial charge in [0.2, 0.25) is 0 Å². The van der Waals surface area contributed by atoms with Crippen LogP contribution in [0.5, 0.6) is 0 Å². The SMILES string of the molecule is [CH2]COC=CC(=O)O.[CH2]C[O].[CH2]C[O].[CH2]C[O].[CH2]C[O].[CH2]C[O].[CH2]C[O].[CH2]C[O].[CH2]C[O].[CH2]C[O]. The highest BCUT2D eigenvalue weighted by Gasteiger charge is 1.81. The Hall–Kier alpha value is -1.35. The molecule has 1 N–H and O–H groups in total. The van der Waals surface area contributed by atoms with Crippen LogP contribution in [0.25, 0.3) is 0 Å². The summed E-state index contributed by atoms with van der Waals surface area (Å²) >= 11 is 0. The molecule has 0 saturated carbocycles. The Morgan fingerprint density at radius 2 is 0.629 bits per heavy atom. The first-order valence-electron chi connectivity index (χ1n) is 9.17. The van der Waals surface area contributed by atoms with Crippen molar-refractivity contribution in [3.05, 3.63) is 81.6 Å². The molecule has 0 bridgehead atoms. The standard InChI is InChI=1S/C5H7O3.9C2H4O/c1-2-8-4-3-5(6)7;9*1-2-3/h3-4H,1-2H2,(H,6,7);9*1-2H2. The van der Waals surface area contributed by atoms with Crippen LogP contribution >= 0.6 is 0 Å². The third kappa shape index (κ3) is 2300. The zero-order chi connectivity index (χ0) is 30.8. The molecule has 0 heterocycles. The molecule has 0 spiro atoms. The third-order valence-electron chi connectivity index (χ3n) is 0.425. The normalized spacial score (nSPS) is 6.83. The summed E-state index contributed by atoms with van der Waals surface area (Å²) in [4.78, 5) is 9.69. The van der Waals surface area contributed by atoms with Crippen LogP contribution in [0.1, 0.15) is 0 Å². The topological polar surface area (TPSA) is 226 Å². The van der Waals surface area contributed by atoms with Crippen LogP contribution in [-0.2, 0) is 55.5 Å². The Balaban J connectivity index is -0.0000000257. The molecule has 0 rings (SSSR count). The molecule has 12 heteroatoms. The Morgan fingerprint density at radius 1 is 0.486 bits per heavy atom. The molecule has 0 amide bonds. The highest BCUT2D eigenvalue weighted by molar-refractivity contribution is 5.79. The number of carboxylic acids is 1. The molecule has 207 valence electrons. The minimum atomic E-state index is -1.02. The van der Waals surface area contributed by atoms with Gasteiger partial charge in [0.1, 0.15) is 0 Å². The fourth-order valence-corrected chi connectivity index (χ4v) is 0.174. The fourth-order valence-electron chi connectivity index (χ4n) is 0.174. The van der Waals surface area contributed by atoms with Gasteiger partial charge in [0.05, 0.1) is 78.4 Å². The van der Waals surface area contributed by atoms with Gasteiger partial charge in [-0.1, -0.05) is 0 Å². The molecule has 0 aromatic rings. The summed E-state index contributed by atoms with van der Waals surface area (Å²) in [5.41, 5.74) is 0. The van der Waals surface area contributed by atoms with Gasteiger partial charge < -0.3 is 9.84 Å². The predicted molar refractivity (Wildman–Crippen MR) is 126 cm³/mol. The molecule has 35 heavy (non-hydrogen) atoms. The predicted octanol–water partition coefficient (Wildman–Crippen LogP) is 2.69. The summed E-state index contributed by atoms with van der Waals surface area (Å²) in [5.74, 6) is -1.02. The first-order valence-corrected chi connectivity index (χ1v) is 9.17. The molecule has 0 aliphatic heterocycles. The lowest BCUT2D eigenvalue weighted by molar-refractivity contribution is -0.131. The number of hydrogen-bond donors (Lipinski definition) is 1. The van der Waals surface area contributed by atoms with E-state index in [1.54, 1.807) is 0 Å². The summed E-state index contributed by atoms with van der Waals surface area (Å²) in [6.45, 7) is 27.7. The Bertz CT molecular complexity index is 192. The largest absolute Gasteiger partial charge is 0.501 e. The molecule has 0 saturated heterocycles. The lowest BCUT2D eigenvalue weighted by atomic mass is 10.6. The Labute approximate surface area is 214 Å². The van der Waals surface area contributed by atoms with Crippen LogP contribution < -0.4 is 0 Å². The van der Waals surface area contributed by atoms with E-state index in [9.17, 15) is 4.79 Å². The van der Waals surface area contributed by atoms with E-state index in [2.05, 4.69) is 74.0 Å². The van der Waals surface area contributed by atoms with Gasteiger partial charge in [-0.2, -0.15) is 0 Å². The molecule has 0 aromatic heterocycles. The smallest absolute Gasteiger partial charge is 0.331 e. The fraction of sp³-hybridized carbons (Fsp3) is 0.435. The summed E-state index contributed by atoms with van der Waals surface area (Å²) in [5, 5.41) is 87.3. The summed E-state index contributed by atoms with van der Waals surface area (Å²) in [6.07, 6.45) is 2.00. The quantitative estimate of drug-likeness (QED) is 0.445. The molecule has 0 atom stereocenters. The van der Waals surface area contributed by atoms with E-state index in [1.165, 1.54) is 0 Å². The van der Waals surface area contributed by atoms with E-state index in [1.807, 2.05) is 0 Å². The van der Waals surface area contributed by atoms with Gasteiger partial charge in [0.15, 0.2) is 0 Å². The molecule has 19 radical (unpaired) electrons. The zero-order valence-electron chi connectivity index (χ0n) is 20.7. The van der Waals surface area contributed by atoms with Crippen molar-refractivity contribution in [2.75, 3.05) is 66.1 Å². The number of rotatable bonds is 3. The van der Waals surface area contributed by atoms with Crippen LogP contribution in [-0.4, -0.2) is 77.1 Å². The van der Waals surface area contributed by atoms with Gasteiger partial charge in [0.25, 0.3) is 0 Å². The van der Waals surface area contributed by atoms with Crippen molar-refractivity contribution in [2.24, 2.45) is 0 Å². The number of ether oxygens (including phenoxy) is 1. The molecule has 0 aliphatic carbocycles. The van der Waals surface area contributed by atoms with Gasteiger partial charge in [-0.3, -0.25) is 0 Å². The highest BCUT2D eigenvalue weighted by atomic mass is 16.5. The van der Waals surface area contributed by atoms with E-state index < -0.39 is 5.97 Å². The first-order chi connectivity index (χ1) is 16.5. The minimum Gasteiger partial charge on any atom is -0.501 e. The Morgan fingerprint density at radius 3 is 0.714 bits per heavy atom. The Kier molecular flexibility index (Phi) is 279. The van der Waals surface area contributed by atoms with Gasteiger partial charge in [0, 0.05) is 0 Å². The van der Waals surface area contributed by atoms with Crippen LogP contribution in [0.4, 0.5) is 0 Å². The minimum absolute atomic E-state index is 0.250. The van der Waals surface area contributed by atoms with E-state index in [-0.39, 0.29) is 66.1 Å². The van der Waals surface area contributed by atoms with E-state index in [0.717, 1.165) is 12.3 Å². The van der Waals surface area contributed by atoms with E-state index >= 15 is 0 Å². The van der Waals surface area contributed by atoms with Gasteiger partial charge in [-0.05, 0) is 69.2 Å². The average Bonchev–Trinajstić information content (AvgIpc) is 2.73. The maximum absolute atomic E-state index is 9.69. The molecule has 0 aromatic carbocycles. The second-order valence-electron chi connectivity index (χ2n) is 2.85. The van der Waals surface area contributed by atoms with Crippen molar-refractivity contribution < 1.29 is 60.6 Å². The number of aliphatic carboxylic acids is 1. The monoisotopic (exact) mass is 511 g/mol. The summed E-state index contributed by atoms with van der Waals surface area (Å²) in [6, 6.07) is 0. The van der Waals surface area contributed by atoms with Crippen LogP contribution in [0.3, 0.4) is 0 Å². The maximum Gasteiger partial charge on any atom is 0.331 e. The third-order valence-corrected chi connectivity index (χ3v) is 0.425. The van der Waals surface area contributed by atoms with Crippen molar-refractivity contribution in [3.8, 4) is 0 Å². The van der Waals surface area contributed by atoms with Crippen LogP contribution in [0.15, 0.2) is 12.3 Å². The van der Waals surface area contributed by atoms with Gasteiger partial charge in [-0.25, -0.2) is 50.8 Å². The van der Waals surface area contributed by atoms with Crippen molar-refractivity contribution in [1.29, 1.82) is 0 Å². The molecule has 12 nitrogen and oxygen atoms in total. The van der Waals surface area contributed by atoms with Gasteiger partial charge in [-0.15, -0.1) is 0 Å². The lowest BCUT2D eigenvalue weighted by Crippen LogP contribution is -1.87. The molecular weight excluding hydrogens is 468 g/mol. The van der Waals surface area contributed by atoms with Crippen molar-refractivity contribution in [1.82, 2.24) is 0 Å². The van der Waals surface area contributed by atoms with Crippen molar-refractivity contribution >= 4 is 5.97 Å². The van der Waals surface area contributed by atoms with Crippen LogP contribution in [0.2, 0.25) is 0 Å². The molecule has 0 fully saturated rings. The van der Waals surface area contributed by atoms with Gasteiger partial charge >= 0.3 is 5.97 Å². The maximum atomic E-state index is 9.69. The molecular formula is C23H43O12. The molecule has 0 aliphatic rings. The average molecular weight is 512 g/mol. The second-order valence-corrected chi connectivity index (χ2v) is 2.85. The summed E-state index contributed by atoms with van der Waals surface area (Å²) < 4.78 is 4.47. The van der Waals surface area contributed by atoms with E-state index in [4.69, 9.17) is 51.1 Å². The highest BCUT2D eigenvalue weighted by Crippen LogP contribution is 1.74. The van der Waals surface area contributed by atoms with Crippen molar-refractivity contribution in [3.63, 3.8) is 0 Å².